The smallest absolute Gasteiger partial charge is 0.325 e. The summed E-state index contributed by atoms with van der Waals surface area (Å²) in [5, 5.41) is 2.96. The minimum absolute atomic E-state index is 0.0822. The summed E-state index contributed by atoms with van der Waals surface area (Å²) in [4.78, 5) is 26.4. The van der Waals surface area contributed by atoms with E-state index >= 15 is 0 Å². The van der Waals surface area contributed by atoms with E-state index in [-0.39, 0.29) is 17.8 Å². The van der Waals surface area contributed by atoms with E-state index in [0.717, 1.165) is 38.5 Å². The lowest BCUT2D eigenvalue weighted by Crippen LogP contribution is -2.47. The molecule has 6 heteroatoms. The molecule has 3 rings (SSSR count). The Morgan fingerprint density at radius 2 is 1.68 bits per heavy atom. The third-order valence-electron chi connectivity index (χ3n) is 5.06. The molecule has 1 aromatic rings. The summed E-state index contributed by atoms with van der Waals surface area (Å²) in [6, 6.07) is 5.52. The van der Waals surface area contributed by atoms with Gasteiger partial charge in [0.2, 0.25) is 0 Å². The zero-order chi connectivity index (χ0) is 17.7. The summed E-state index contributed by atoms with van der Waals surface area (Å²) in [5.74, 6) is 0.187. The van der Waals surface area contributed by atoms with Gasteiger partial charge in [-0.3, -0.25) is 9.69 Å². The van der Waals surface area contributed by atoms with Gasteiger partial charge in [-0.2, -0.15) is 0 Å². The van der Waals surface area contributed by atoms with Crippen molar-refractivity contribution in [3.05, 3.63) is 30.1 Å². The summed E-state index contributed by atoms with van der Waals surface area (Å²) in [7, 11) is 0. The van der Waals surface area contributed by atoms with Gasteiger partial charge in [0.05, 0.1) is 6.61 Å². The molecule has 2 fully saturated rings. The first-order valence-electron chi connectivity index (χ1n) is 9.13. The van der Waals surface area contributed by atoms with Crippen molar-refractivity contribution >= 4 is 11.9 Å². The van der Waals surface area contributed by atoms with E-state index in [0.29, 0.717) is 25.3 Å². The van der Waals surface area contributed by atoms with Crippen LogP contribution in [0.25, 0.3) is 0 Å². The molecule has 1 saturated heterocycles. The number of urea groups is 1. The normalized spacial score (nSPS) is 20.3. The number of benzene rings is 1. The van der Waals surface area contributed by atoms with Crippen molar-refractivity contribution in [1.82, 2.24) is 10.2 Å². The minimum Gasteiger partial charge on any atom is -0.494 e. The van der Waals surface area contributed by atoms with Gasteiger partial charge in [-0.25, -0.2) is 9.18 Å². The van der Waals surface area contributed by atoms with Gasteiger partial charge in [-0.15, -0.1) is 0 Å². The molecule has 0 unspecified atom stereocenters. The first-order valence-corrected chi connectivity index (χ1v) is 9.13. The maximum absolute atomic E-state index is 12.8. The number of hydrogen-bond donors (Lipinski definition) is 1. The number of halogens is 1. The second-order valence-corrected chi connectivity index (χ2v) is 6.89. The Balaban J connectivity index is 1.51. The molecule has 0 radical (unpaired) electrons. The molecule has 2 aliphatic rings. The highest BCUT2D eigenvalue weighted by Gasteiger charge is 2.49. The van der Waals surface area contributed by atoms with Gasteiger partial charge in [0, 0.05) is 6.54 Å². The fraction of sp³-hybridized carbons (Fsp3) is 0.579. The Morgan fingerprint density at radius 1 is 1.04 bits per heavy atom. The van der Waals surface area contributed by atoms with Crippen LogP contribution in [0, 0.1) is 5.82 Å². The van der Waals surface area contributed by atoms with E-state index in [9.17, 15) is 14.0 Å². The molecule has 0 atom stereocenters. The number of hydrogen-bond acceptors (Lipinski definition) is 3. The largest absolute Gasteiger partial charge is 0.494 e. The highest BCUT2D eigenvalue weighted by molar-refractivity contribution is 6.07. The molecular formula is C19H25FN2O3. The van der Waals surface area contributed by atoms with Gasteiger partial charge in [0.1, 0.15) is 17.1 Å². The maximum atomic E-state index is 12.8. The molecule has 1 aliphatic heterocycles. The Kier molecular flexibility index (Phi) is 5.56. The lowest BCUT2D eigenvalue weighted by molar-refractivity contribution is -0.132. The lowest BCUT2D eigenvalue weighted by Gasteiger charge is -2.28. The molecule has 1 aliphatic carbocycles. The fourth-order valence-electron chi connectivity index (χ4n) is 3.67. The summed E-state index contributed by atoms with van der Waals surface area (Å²) in [5.41, 5.74) is -0.685. The minimum atomic E-state index is -0.685. The molecule has 5 nitrogen and oxygen atoms in total. The summed E-state index contributed by atoms with van der Waals surface area (Å²) >= 11 is 0. The van der Waals surface area contributed by atoms with E-state index in [2.05, 4.69) is 5.32 Å². The molecule has 3 amide bonds. The van der Waals surface area contributed by atoms with Crippen LogP contribution >= 0.6 is 0 Å². The molecule has 136 valence electrons. The standard InChI is InChI=1S/C19H25FN2O3/c20-15-7-9-16(10-8-15)25-14-6-13-22-17(23)19(21-18(22)24)11-4-2-1-3-5-12-19/h7-10H,1-6,11-14H2,(H,21,24). The average Bonchev–Trinajstić information content (AvgIpc) is 2.81. The number of carbonyl (C=O) groups is 2. The van der Waals surface area contributed by atoms with Crippen LogP contribution in [0.5, 0.6) is 5.75 Å². The number of nitrogens with one attached hydrogen (secondary N) is 1. The van der Waals surface area contributed by atoms with Crippen molar-refractivity contribution < 1.29 is 18.7 Å². The van der Waals surface area contributed by atoms with Gasteiger partial charge < -0.3 is 10.1 Å². The Labute approximate surface area is 147 Å². The first-order chi connectivity index (χ1) is 12.1. The molecule has 25 heavy (non-hydrogen) atoms. The van der Waals surface area contributed by atoms with Crippen molar-refractivity contribution in [3.8, 4) is 5.75 Å². The van der Waals surface area contributed by atoms with Crippen molar-refractivity contribution in [3.63, 3.8) is 0 Å². The Bertz CT molecular complexity index is 610. The SMILES string of the molecule is O=C1NC2(CCCCCCC2)C(=O)N1CCCOc1ccc(F)cc1. The number of carbonyl (C=O) groups excluding carboxylic acids is 2. The van der Waals surface area contributed by atoms with Crippen LogP contribution in [-0.4, -0.2) is 35.5 Å². The molecule has 1 heterocycles. The van der Waals surface area contributed by atoms with Gasteiger partial charge in [0.25, 0.3) is 5.91 Å². The fourth-order valence-corrected chi connectivity index (χ4v) is 3.67. The third-order valence-corrected chi connectivity index (χ3v) is 5.06. The predicted octanol–water partition coefficient (Wildman–Crippen LogP) is 3.63. The van der Waals surface area contributed by atoms with E-state index in [1.54, 1.807) is 12.1 Å². The van der Waals surface area contributed by atoms with Gasteiger partial charge in [0.15, 0.2) is 0 Å². The summed E-state index contributed by atoms with van der Waals surface area (Å²) in [6.45, 7) is 0.712. The zero-order valence-corrected chi connectivity index (χ0v) is 14.4. The molecule has 0 aromatic heterocycles. The van der Waals surface area contributed by atoms with E-state index < -0.39 is 5.54 Å². The van der Waals surface area contributed by atoms with E-state index in [1.807, 2.05) is 0 Å². The number of nitrogens with zero attached hydrogens (tertiary/aromatic N) is 1. The van der Waals surface area contributed by atoms with E-state index in [4.69, 9.17) is 4.74 Å². The number of rotatable bonds is 5. The van der Waals surface area contributed by atoms with Crippen molar-refractivity contribution in [1.29, 1.82) is 0 Å². The quantitative estimate of drug-likeness (QED) is 0.653. The molecule has 1 aromatic carbocycles. The zero-order valence-electron chi connectivity index (χ0n) is 14.4. The van der Waals surface area contributed by atoms with Gasteiger partial charge >= 0.3 is 6.03 Å². The highest BCUT2D eigenvalue weighted by atomic mass is 19.1. The number of imide groups is 1. The van der Waals surface area contributed by atoms with Crippen LogP contribution < -0.4 is 10.1 Å². The second-order valence-electron chi connectivity index (χ2n) is 6.89. The van der Waals surface area contributed by atoms with Gasteiger partial charge in [-0.1, -0.05) is 32.1 Å². The molecule has 1 spiro atoms. The van der Waals surface area contributed by atoms with Crippen molar-refractivity contribution in [2.24, 2.45) is 0 Å². The first kappa shape index (κ1) is 17.7. The van der Waals surface area contributed by atoms with Crippen LogP contribution in [0.3, 0.4) is 0 Å². The van der Waals surface area contributed by atoms with Crippen LogP contribution in [-0.2, 0) is 4.79 Å². The second kappa shape index (κ2) is 7.85. The maximum Gasteiger partial charge on any atom is 0.325 e. The topological polar surface area (TPSA) is 58.6 Å². The third kappa shape index (κ3) is 4.11. The van der Waals surface area contributed by atoms with Crippen LogP contribution in [0.15, 0.2) is 24.3 Å². The Hall–Kier alpha value is -2.11. The number of amides is 3. The van der Waals surface area contributed by atoms with Crippen LogP contribution in [0.1, 0.15) is 51.4 Å². The summed E-state index contributed by atoms with van der Waals surface area (Å²) < 4.78 is 18.4. The highest BCUT2D eigenvalue weighted by Crippen LogP contribution is 2.32. The molecule has 1 N–H and O–H groups in total. The number of ether oxygens (including phenoxy) is 1. The average molecular weight is 348 g/mol. The predicted molar refractivity (Wildman–Crippen MR) is 91.8 cm³/mol. The van der Waals surface area contributed by atoms with E-state index in [1.165, 1.54) is 23.5 Å². The molecule has 0 bridgehead atoms. The van der Waals surface area contributed by atoms with Crippen LogP contribution in [0.4, 0.5) is 9.18 Å². The van der Waals surface area contributed by atoms with Crippen LogP contribution in [0.2, 0.25) is 0 Å². The van der Waals surface area contributed by atoms with Crippen molar-refractivity contribution in [2.45, 2.75) is 56.9 Å². The van der Waals surface area contributed by atoms with Gasteiger partial charge in [-0.05, 0) is 43.5 Å². The monoisotopic (exact) mass is 348 g/mol. The van der Waals surface area contributed by atoms with Crippen molar-refractivity contribution in [2.75, 3.05) is 13.2 Å². The lowest BCUT2D eigenvalue weighted by atomic mass is 9.84. The summed E-state index contributed by atoms with van der Waals surface area (Å²) in [6.07, 6.45) is 7.43. The molecular weight excluding hydrogens is 323 g/mol. The Morgan fingerprint density at radius 3 is 2.36 bits per heavy atom. The molecule has 1 saturated carbocycles.